The number of nitrogens with one attached hydrogen (secondary N) is 2. The maximum Gasteiger partial charge on any atom is 0.351 e. The summed E-state index contributed by atoms with van der Waals surface area (Å²) in [6.45, 7) is 6.91. The molecule has 1 aliphatic heterocycles. The minimum atomic E-state index is -4.15. The van der Waals surface area contributed by atoms with E-state index < -0.39 is 47.9 Å². The molecule has 1 aromatic carbocycles. The third-order valence-corrected chi connectivity index (χ3v) is 6.18. The van der Waals surface area contributed by atoms with Crippen LogP contribution in [0.3, 0.4) is 0 Å². The Kier molecular flexibility index (Phi) is 9.52. The van der Waals surface area contributed by atoms with Crippen molar-refractivity contribution in [3.63, 3.8) is 0 Å². The highest BCUT2D eigenvalue weighted by Crippen LogP contribution is 2.26. The predicted molar refractivity (Wildman–Crippen MR) is 124 cm³/mol. The molecule has 2 rings (SSSR count). The molecule has 0 aliphatic carbocycles. The van der Waals surface area contributed by atoms with Crippen LogP contribution in [0.15, 0.2) is 30.3 Å². The number of halogens is 2. The number of carbonyl (C=O) groups is 3. The molecule has 1 heterocycles. The van der Waals surface area contributed by atoms with Crippen LogP contribution in [-0.2, 0) is 20.9 Å². The Bertz CT molecular complexity index is 851. The Labute approximate surface area is 199 Å². The number of nitrogens with two attached hydrogens (primary N) is 1. The Hall–Kier alpha value is -2.59. The van der Waals surface area contributed by atoms with Crippen molar-refractivity contribution in [1.29, 1.82) is 0 Å². The molecule has 1 aromatic rings. The summed E-state index contributed by atoms with van der Waals surface area (Å²) < 4.78 is 29.7. The van der Waals surface area contributed by atoms with Crippen LogP contribution in [0.2, 0.25) is 0 Å². The Morgan fingerprint density at radius 1 is 1.15 bits per heavy atom. The van der Waals surface area contributed by atoms with Crippen molar-refractivity contribution in [2.24, 2.45) is 17.6 Å². The van der Waals surface area contributed by atoms with E-state index in [-0.39, 0.29) is 18.4 Å². The number of alkyl halides is 2. The van der Waals surface area contributed by atoms with E-state index in [1.165, 1.54) is 4.90 Å². The first-order valence-corrected chi connectivity index (χ1v) is 11.6. The lowest BCUT2D eigenvalue weighted by Gasteiger charge is -2.34. The fourth-order valence-electron chi connectivity index (χ4n) is 3.91. The Balaban J connectivity index is 2.09. The normalized spacial score (nSPS) is 19.1. The molecule has 8 nitrogen and oxygen atoms in total. The first-order chi connectivity index (χ1) is 15.9. The van der Waals surface area contributed by atoms with Gasteiger partial charge in [0.1, 0.15) is 12.1 Å². The summed E-state index contributed by atoms with van der Waals surface area (Å²) in [4.78, 5) is 39.3. The molecule has 2 unspecified atom stereocenters. The molecule has 4 atom stereocenters. The fourth-order valence-corrected chi connectivity index (χ4v) is 3.91. The topological polar surface area (TPSA) is 125 Å². The number of benzene rings is 1. The molecule has 1 fully saturated rings. The number of nitrogens with zero attached hydrogens (tertiary/aromatic N) is 1. The van der Waals surface area contributed by atoms with E-state index in [2.05, 4.69) is 10.6 Å². The van der Waals surface area contributed by atoms with Gasteiger partial charge in [0.15, 0.2) is 0 Å². The van der Waals surface area contributed by atoms with E-state index >= 15 is 0 Å². The van der Waals surface area contributed by atoms with Gasteiger partial charge in [-0.05, 0) is 30.2 Å². The third kappa shape index (κ3) is 6.50. The quantitative estimate of drug-likeness (QED) is 0.401. The standard InChI is InChI=1S/C24H36F2N4O4/c1-14(2)18(27)22(33)30-12-8-11-17(30)21(32)29-19(15(3)4)20(31)24(25,26)23(34)28-13-16-9-6-5-7-10-16/h5-7,9-10,14-15,17-20,31H,8,11-13,27H2,1-4H3,(H,28,34)(H,29,32)/t17?,18-,19-,20?/m0/s1. The van der Waals surface area contributed by atoms with Crippen LogP contribution in [0.1, 0.15) is 46.1 Å². The van der Waals surface area contributed by atoms with E-state index in [0.29, 0.717) is 24.9 Å². The summed E-state index contributed by atoms with van der Waals surface area (Å²) >= 11 is 0. The van der Waals surface area contributed by atoms with Crippen molar-refractivity contribution in [2.75, 3.05) is 6.54 Å². The lowest BCUT2D eigenvalue weighted by molar-refractivity contribution is -0.169. The van der Waals surface area contributed by atoms with Crippen LogP contribution in [0.4, 0.5) is 8.78 Å². The number of rotatable bonds is 10. The number of hydrogen-bond acceptors (Lipinski definition) is 5. The first kappa shape index (κ1) is 27.7. The molecule has 190 valence electrons. The molecule has 34 heavy (non-hydrogen) atoms. The molecule has 1 saturated heterocycles. The summed E-state index contributed by atoms with van der Waals surface area (Å²) in [5, 5.41) is 15.1. The van der Waals surface area contributed by atoms with Crippen LogP contribution >= 0.6 is 0 Å². The highest BCUT2D eigenvalue weighted by molar-refractivity contribution is 5.90. The lowest BCUT2D eigenvalue weighted by atomic mass is 9.93. The van der Waals surface area contributed by atoms with E-state index in [0.717, 1.165) is 0 Å². The Morgan fingerprint density at radius 2 is 1.76 bits per heavy atom. The molecule has 3 amide bonds. The Morgan fingerprint density at radius 3 is 2.32 bits per heavy atom. The minimum Gasteiger partial charge on any atom is -0.384 e. The van der Waals surface area contributed by atoms with E-state index in [4.69, 9.17) is 5.73 Å². The lowest BCUT2D eigenvalue weighted by Crippen LogP contribution is -2.61. The molecule has 5 N–H and O–H groups in total. The average Bonchev–Trinajstić information content (AvgIpc) is 3.29. The molecule has 0 spiro atoms. The second-order valence-corrected chi connectivity index (χ2v) is 9.47. The molecule has 0 saturated carbocycles. The summed E-state index contributed by atoms with van der Waals surface area (Å²) in [5.74, 6) is -7.56. The molecular formula is C24H36F2N4O4. The SMILES string of the molecule is CC(C)[C@H](NC(=O)C1CCCN1C(=O)[C@@H](N)C(C)C)C(O)C(F)(F)C(=O)NCc1ccccc1. The zero-order valence-electron chi connectivity index (χ0n) is 20.1. The first-order valence-electron chi connectivity index (χ1n) is 11.6. The van der Waals surface area contributed by atoms with Crippen molar-refractivity contribution in [3.8, 4) is 0 Å². The fraction of sp³-hybridized carbons (Fsp3) is 0.625. The summed E-state index contributed by atoms with van der Waals surface area (Å²) in [6, 6.07) is 5.46. The van der Waals surface area contributed by atoms with Gasteiger partial charge >= 0.3 is 5.92 Å². The molecule has 0 aromatic heterocycles. The largest absolute Gasteiger partial charge is 0.384 e. The highest BCUT2D eigenvalue weighted by atomic mass is 19.3. The van der Waals surface area contributed by atoms with Gasteiger partial charge in [-0.2, -0.15) is 8.78 Å². The second-order valence-electron chi connectivity index (χ2n) is 9.47. The van der Waals surface area contributed by atoms with Gasteiger partial charge in [0.2, 0.25) is 11.8 Å². The predicted octanol–water partition coefficient (Wildman–Crippen LogP) is 1.41. The molecule has 10 heteroatoms. The van der Waals surface area contributed by atoms with Gasteiger partial charge in [-0.15, -0.1) is 0 Å². The van der Waals surface area contributed by atoms with Gasteiger partial charge < -0.3 is 26.4 Å². The van der Waals surface area contributed by atoms with Gasteiger partial charge in [0.25, 0.3) is 5.91 Å². The van der Waals surface area contributed by atoms with Crippen LogP contribution in [0.5, 0.6) is 0 Å². The number of likely N-dealkylation sites (tertiary alicyclic amines) is 1. The maximum atomic E-state index is 14.9. The van der Waals surface area contributed by atoms with Gasteiger partial charge in [-0.25, -0.2) is 0 Å². The summed E-state index contributed by atoms with van der Waals surface area (Å²) in [7, 11) is 0. The molecular weight excluding hydrogens is 446 g/mol. The molecule has 0 bridgehead atoms. The highest BCUT2D eigenvalue weighted by Gasteiger charge is 2.51. The van der Waals surface area contributed by atoms with Crippen LogP contribution in [0, 0.1) is 11.8 Å². The van der Waals surface area contributed by atoms with E-state index in [9.17, 15) is 28.3 Å². The number of amides is 3. The zero-order chi connectivity index (χ0) is 25.6. The minimum absolute atomic E-state index is 0.129. The smallest absolute Gasteiger partial charge is 0.351 e. The zero-order valence-corrected chi connectivity index (χ0v) is 20.1. The van der Waals surface area contributed by atoms with Crippen molar-refractivity contribution in [1.82, 2.24) is 15.5 Å². The summed E-state index contributed by atoms with van der Waals surface area (Å²) in [5.41, 5.74) is 6.58. The number of hydrogen-bond donors (Lipinski definition) is 4. The number of carbonyl (C=O) groups excluding carboxylic acids is 3. The van der Waals surface area contributed by atoms with E-state index in [1.54, 1.807) is 58.0 Å². The van der Waals surface area contributed by atoms with Crippen molar-refractivity contribution in [2.45, 2.75) is 77.2 Å². The van der Waals surface area contributed by atoms with Crippen molar-refractivity contribution < 1.29 is 28.3 Å². The second kappa shape index (κ2) is 11.7. The van der Waals surface area contributed by atoms with Crippen LogP contribution in [-0.4, -0.2) is 64.4 Å². The average molecular weight is 483 g/mol. The third-order valence-electron chi connectivity index (χ3n) is 6.18. The van der Waals surface area contributed by atoms with Crippen LogP contribution < -0.4 is 16.4 Å². The summed E-state index contributed by atoms with van der Waals surface area (Å²) in [6.07, 6.45) is -1.53. The van der Waals surface area contributed by atoms with Crippen molar-refractivity contribution in [3.05, 3.63) is 35.9 Å². The van der Waals surface area contributed by atoms with E-state index in [1.807, 2.05) is 0 Å². The monoisotopic (exact) mass is 482 g/mol. The van der Waals surface area contributed by atoms with Crippen molar-refractivity contribution >= 4 is 17.7 Å². The van der Waals surface area contributed by atoms with Crippen LogP contribution in [0.25, 0.3) is 0 Å². The maximum absolute atomic E-state index is 14.9. The number of aliphatic hydroxyl groups excluding tert-OH is 1. The van der Waals surface area contributed by atoms with Gasteiger partial charge in [-0.1, -0.05) is 58.0 Å². The van der Waals surface area contributed by atoms with Gasteiger partial charge in [-0.3, -0.25) is 14.4 Å². The van der Waals surface area contributed by atoms with Gasteiger partial charge in [0, 0.05) is 13.1 Å². The molecule has 1 aliphatic rings. The van der Waals surface area contributed by atoms with Gasteiger partial charge in [0.05, 0.1) is 12.1 Å². The molecule has 0 radical (unpaired) electrons. The number of aliphatic hydroxyl groups is 1.